The average Bonchev–Trinajstić information content (AvgIpc) is 2.81. The van der Waals surface area contributed by atoms with E-state index in [9.17, 15) is 4.79 Å². The molecular weight excluding hydrogens is 390 g/mol. The van der Waals surface area contributed by atoms with Crippen LogP contribution in [0.4, 0.5) is 11.4 Å². The van der Waals surface area contributed by atoms with Crippen molar-refractivity contribution in [3.63, 3.8) is 0 Å². The maximum Gasteiger partial charge on any atom is 0.257 e. The predicted molar refractivity (Wildman–Crippen MR) is 128 cm³/mol. The fraction of sp³-hybridized carbons (Fsp3) is 0.200. The van der Waals surface area contributed by atoms with E-state index in [4.69, 9.17) is 12.2 Å². The van der Waals surface area contributed by atoms with Crippen molar-refractivity contribution in [2.75, 3.05) is 23.3 Å². The number of hydrogen-bond donors (Lipinski definition) is 2. The van der Waals surface area contributed by atoms with Crippen molar-refractivity contribution in [2.45, 2.75) is 19.3 Å². The van der Waals surface area contributed by atoms with Crippen molar-refractivity contribution in [1.29, 1.82) is 0 Å². The predicted octanol–water partition coefficient (Wildman–Crippen LogP) is 5.47. The number of rotatable bonds is 4. The van der Waals surface area contributed by atoms with Crippen LogP contribution in [0.2, 0.25) is 0 Å². The summed E-state index contributed by atoms with van der Waals surface area (Å²) in [6, 6.07) is 25.8. The van der Waals surface area contributed by atoms with Crippen LogP contribution < -0.4 is 15.5 Å². The Bertz CT molecular complexity index is 995. The van der Waals surface area contributed by atoms with Gasteiger partial charge in [0.1, 0.15) is 0 Å². The van der Waals surface area contributed by atoms with Crippen LogP contribution in [0.1, 0.15) is 29.6 Å². The molecule has 3 aromatic rings. The zero-order valence-corrected chi connectivity index (χ0v) is 17.6. The molecule has 2 N–H and O–H groups in total. The molecule has 30 heavy (non-hydrogen) atoms. The lowest BCUT2D eigenvalue weighted by atomic mass is 10.0. The molecule has 1 saturated heterocycles. The van der Waals surface area contributed by atoms with E-state index in [0.29, 0.717) is 5.56 Å². The van der Waals surface area contributed by atoms with Crippen molar-refractivity contribution < 1.29 is 4.79 Å². The van der Waals surface area contributed by atoms with Crippen molar-refractivity contribution in [3.05, 3.63) is 84.4 Å². The Balaban J connectivity index is 1.33. The highest BCUT2D eigenvalue weighted by Crippen LogP contribution is 2.22. The third-order valence-electron chi connectivity index (χ3n) is 5.33. The summed E-state index contributed by atoms with van der Waals surface area (Å²) in [4.78, 5) is 14.9. The molecule has 0 unspecified atom stereocenters. The van der Waals surface area contributed by atoms with Gasteiger partial charge in [0, 0.05) is 30.0 Å². The molecule has 4 nitrogen and oxygen atoms in total. The van der Waals surface area contributed by atoms with E-state index in [1.54, 1.807) is 0 Å². The van der Waals surface area contributed by atoms with E-state index in [1.807, 2.05) is 66.7 Å². The van der Waals surface area contributed by atoms with Gasteiger partial charge in [-0.05, 0) is 79.0 Å². The van der Waals surface area contributed by atoms with Gasteiger partial charge in [0.2, 0.25) is 0 Å². The number of nitrogens with one attached hydrogen (secondary N) is 2. The minimum Gasteiger partial charge on any atom is -0.372 e. The topological polar surface area (TPSA) is 44.4 Å². The van der Waals surface area contributed by atoms with E-state index in [-0.39, 0.29) is 11.0 Å². The fourth-order valence-electron chi connectivity index (χ4n) is 3.69. The lowest BCUT2D eigenvalue weighted by Gasteiger charge is -2.28. The van der Waals surface area contributed by atoms with Gasteiger partial charge in [-0.2, -0.15) is 0 Å². The fourth-order valence-corrected chi connectivity index (χ4v) is 3.90. The van der Waals surface area contributed by atoms with Gasteiger partial charge >= 0.3 is 0 Å². The van der Waals surface area contributed by atoms with E-state index < -0.39 is 0 Å². The van der Waals surface area contributed by atoms with E-state index in [2.05, 4.69) is 27.7 Å². The van der Waals surface area contributed by atoms with E-state index in [1.165, 1.54) is 24.9 Å². The molecule has 0 radical (unpaired) electrons. The molecule has 3 aromatic carbocycles. The summed E-state index contributed by atoms with van der Waals surface area (Å²) in [6.45, 7) is 2.23. The number of anilines is 2. The Kier molecular flexibility index (Phi) is 6.40. The highest BCUT2D eigenvalue weighted by molar-refractivity contribution is 7.80. The molecular formula is C25H25N3OS. The molecule has 0 bridgehead atoms. The second-order valence-corrected chi connectivity index (χ2v) is 7.85. The van der Waals surface area contributed by atoms with Gasteiger partial charge in [-0.3, -0.25) is 10.1 Å². The van der Waals surface area contributed by atoms with Crippen LogP contribution in [-0.2, 0) is 0 Å². The standard InChI is InChI=1S/C25H25N3OS/c29-24(21-11-9-20(10-12-21)19-7-3-1-4-8-19)27-25(30)26-22-13-15-23(16-14-22)28-17-5-2-6-18-28/h1,3-4,7-16H,2,5-6,17-18H2,(H2,26,27,29,30). The lowest BCUT2D eigenvalue weighted by Crippen LogP contribution is -2.34. The Morgan fingerprint density at radius 1 is 0.767 bits per heavy atom. The molecule has 1 aliphatic rings. The van der Waals surface area contributed by atoms with Crippen molar-refractivity contribution in [3.8, 4) is 11.1 Å². The first kappa shape index (κ1) is 20.1. The number of piperidine rings is 1. The third kappa shape index (κ3) is 5.05. The minimum atomic E-state index is -0.225. The third-order valence-corrected chi connectivity index (χ3v) is 5.53. The molecule has 4 rings (SSSR count). The zero-order chi connectivity index (χ0) is 20.8. The summed E-state index contributed by atoms with van der Waals surface area (Å²) in [5.74, 6) is -0.225. The number of hydrogen-bond acceptors (Lipinski definition) is 3. The van der Waals surface area contributed by atoms with Crippen LogP contribution in [0.3, 0.4) is 0 Å². The van der Waals surface area contributed by atoms with Gasteiger partial charge < -0.3 is 10.2 Å². The molecule has 1 heterocycles. The van der Waals surface area contributed by atoms with Crippen LogP contribution in [0.15, 0.2) is 78.9 Å². The smallest absolute Gasteiger partial charge is 0.257 e. The number of carbonyl (C=O) groups is 1. The molecule has 0 atom stereocenters. The van der Waals surface area contributed by atoms with Gasteiger partial charge in [0.25, 0.3) is 5.91 Å². The Hall–Kier alpha value is -3.18. The molecule has 0 saturated carbocycles. The first-order chi connectivity index (χ1) is 14.7. The number of nitrogens with zero attached hydrogens (tertiary/aromatic N) is 1. The number of benzene rings is 3. The molecule has 1 aliphatic heterocycles. The van der Waals surface area contributed by atoms with Crippen LogP contribution in [0.5, 0.6) is 0 Å². The van der Waals surface area contributed by atoms with Gasteiger partial charge in [0.15, 0.2) is 5.11 Å². The van der Waals surface area contributed by atoms with Crippen LogP contribution in [0.25, 0.3) is 11.1 Å². The Morgan fingerprint density at radius 3 is 2.07 bits per heavy atom. The maximum atomic E-state index is 12.5. The highest BCUT2D eigenvalue weighted by Gasteiger charge is 2.11. The highest BCUT2D eigenvalue weighted by atomic mass is 32.1. The number of amides is 1. The monoisotopic (exact) mass is 415 g/mol. The summed E-state index contributed by atoms with van der Waals surface area (Å²) < 4.78 is 0. The molecule has 0 spiro atoms. The molecule has 152 valence electrons. The molecule has 1 fully saturated rings. The second-order valence-electron chi connectivity index (χ2n) is 7.45. The molecule has 5 heteroatoms. The minimum absolute atomic E-state index is 0.225. The Labute approximate surface area is 182 Å². The van der Waals surface area contributed by atoms with Crippen LogP contribution in [0, 0.1) is 0 Å². The summed E-state index contributed by atoms with van der Waals surface area (Å²) in [6.07, 6.45) is 3.82. The van der Waals surface area contributed by atoms with Gasteiger partial charge in [-0.1, -0.05) is 42.5 Å². The first-order valence-corrected chi connectivity index (χ1v) is 10.7. The Morgan fingerprint density at radius 2 is 1.40 bits per heavy atom. The number of thiocarbonyl (C=S) groups is 1. The van der Waals surface area contributed by atoms with Crippen molar-refractivity contribution >= 4 is 34.6 Å². The van der Waals surface area contributed by atoms with E-state index >= 15 is 0 Å². The summed E-state index contributed by atoms with van der Waals surface area (Å²) in [5.41, 5.74) is 4.85. The van der Waals surface area contributed by atoms with Crippen molar-refractivity contribution in [1.82, 2.24) is 5.32 Å². The lowest BCUT2D eigenvalue weighted by molar-refractivity contribution is 0.0978. The molecule has 1 amide bonds. The van der Waals surface area contributed by atoms with E-state index in [0.717, 1.165) is 29.9 Å². The molecule has 0 aromatic heterocycles. The second kappa shape index (κ2) is 9.55. The summed E-state index contributed by atoms with van der Waals surface area (Å²) in [7, 11) is 0. The quantitative estimate of drug-likeness (QED) is 0.555. The largest absolute Gasteiger partial charge is 0.372 e. The normalized spacial score (nSPS) is 13.5. The van der Waals surface area contributed by atoms with Gasteiger partial charge in [0.05, 0.1) is 0 Å². The maximum absolute atomic E-state index is 12.5. The van der Waals surface area contributed by atoms with Crippen LogP contribution >= 0.6 is 12.2 Å². The zero-order valence-electron chi connectivity index (χ0n) is 16.8. The molecule has 0 aliphatic carbocycles. The summed E-state index contributed by atoms with van der Waals surface area (Å²) in [5, 5.41) is 6.13. The first-order valence-electron chi connectivity index (χ1n) is 10.3. The van der Waals surface area contributed by atoms with Crippen molar-refractivity contribution in [2.24, 2.45) is 0 Å². The van der Waals surface area contributed by atoms with Crippen LogP contribution in [-0.4, -0.2) is 24.1 Å². The number of carbonyl (C=O) groups excluding carboxylic acids is 1. The average molecular weight is 416 g/mol. The SMILES string of the molecule is O=C(NC(=S)Nc1ccc(N2CCCCC2)cc1)c1ccc(-c2ccccc2)cc1. The summed E-state index contributed by atoms with van der Waals surface area (Å²) >= 11 is 5.32. The van der Waals surface area contributed by atoms with Gasteiger partial charge in [-0.25, -0.2) is 0 Å². The van der Waals surface area contributed by atoms with Gasteiger partial charge in [-0.15, -0.1) is 0 Å².